The third kappa shape index (κ3) is 4.62. The Kier molecular flexibility index (Phi) is 6.22. The van der Waals surface area contributed by atoms with E-state index in [1.165, 1.54) is 17.0 Å². The second kappa shape index (κ2) is 9.24. The van der Waals surface area contributed by atoms with Crippen LogP contribution in [0.1, 0.15) is 36.6 Å². The van der Waals surface area contributed by atoms with Gasteiger partial charge >= 0.3 is 0 Å². The summed E-state index contributed by atoms with van der Waals surface area (Å²) in [6.45, 7) is 3.89. The molecule has 6 nitrogen and oxygen atoms in total. The van der Waals surface area contributed by atoms with Gasteiger partial charge in [0.05, 0.1) is 17.7 Å². The zero-order chi connectivity index (χ0) is 23.5. The standard InChI is InChI=1S/C26H23FN2O4/c1-16(2)33-21-11-7-18(8-12-21)24(30)22-23(19-4-3-13-28-14-19)29(26(32)25(22)31)15-17-5-9-20(27)10-6-17/h3-14,16,23,30H,15H2,1-2H3/b24-22-. The fourth-order valence-electron chi connectivity index (χ4n) is 3.83. The highest BCUT2D eigenvalue weighted by Gasteiger charge is 2.46. The Balaban J connectivity index is 1.77. The van der Waals surface area contributed by atoms with Crippen molar-refractivity contribution in [2.45, 2.75) is 32.5 Å². The maximum Gasteiger partial charge on any atom is 0.295 e. The van der Waals surface area contributed by atoms with Crippen molar-refractivity contribution in [3.05, 3.63) is 101 Å². The minimum Gasteiger partial charge on any atom is -0.507 e. The number of hydrogen-bond acceptors (Lipinski definition) is 5. The first-order valence-electron chi connectivity index (χ1n) is 10.5. The lowest BCUT2D eigenvalue weighted by Crippen LogP contribution is -2.29. The second-order valence-electron chi connectivity index (χ2n) is 8.03. The second-order valence-corrected chi connectivity index (χ2v) is 8.03. The molecule has 4 rings (SSSR count). The molecule has 1 N–H and O–H groups in total. The van der Waals surface area contributed by atoms with Crippen LogP contribution < -0.4 is 4.74 Å². The van der Waals surface area contributed by atoms with Crippen LogP contribution >= 0.6 is 0 Å². The Morgan fingerprint density at radius 3 is 2.39 bits per heavy atom. The Labute approximate surface area is 191 Å². The number of carbonyl (C=O) groups excluding carboxylic acids is 2. The summed E-state index contributed by atoms with van der Waals surface area (Å²) in [5.41, 5.74) is 1.61. The molecule has 3 aromatic rings. The number of pyridine rings is 1. The van der Waals surface area contributed by atoms with Crippen molar-refractivity contribution in [1.82, 2.24) is 9.88 Å². The highest BCUT2D eigenvalue weighted by Crippen LogP contribution is 2.40. The highest BCUT2D eigenvalue weighted by atomic mass is 19.1. The predicted octanol–water partition coefficient (Wildman–Crippen LogP) is 4.63. The van der Waals surface area contributed by atoms with Gasteiger partial charge in [0.2, 0.25) is 0 Å². The molecular formula is C26H23FN2O4. The lowest BCUT2D eigenvalue weighted by molar-refractivity contribution is -0.140. The van der Waals surface area contributed by atoms with Crippen LogP contribution in [0.4, 0.5) is 4.39 Å². The van der Waals surface area contributed by atoms with Gasteiger partial charge in [-0.1, -0.05) is 18.2 Å². The fourth-order valence-corrected chi connectivity index (χ4v) is 3.83. The number of ketones is 1. The molecule has 1 fully saturated rings. The van der Waals surface area contributed by atoms with Crippen molar-refractivity contribution in [2.75, 3.05) is 0 Å². The molecule has 1 aliphatic heterocycles. The number of amides is 1. The molecule has 7 heteroatoms. The van der Waals surface area contributed by atoms with Crippen molar-refractivity contribution < 1.29 is 23.8 Å². The summed E-state index contributed by atoms with van der Waals surface area (Å²) < 4.78 is 19.0. The fraction of sp³-hybridized carbons (Fsp3) is 0.192. The first-order chi connectivity index (χ1) is 15.8. The summed E-state index contributed by atoms with van der Waals surface area (Å²) in [4.78, 5) is 31.5. The van der Waals surface area contributed by atoms with Crippen LogP contribution in [0.25, 0.3) is 5.76 Å². The van der Waals surface area contributed by atoms with E-state index < -0.39 is 23.5 Å². The molecule has 0 saturated carbocycles. The number of hydrogen-bond donors (Lipinski definition) is 1. The molecule has 1 atom stereocenters. The molecule has 0 aliphatic carbocycles. The number of carbonyl (C=O) groups is 2. The number of aliphatic hydroxyl groups excluding tert-OH is 1. The van der Waals surface area contributed by atoms with E-state index in [2.05, 4.69) is 4.98 Å². The van der Waals surface area contributed by atoms with E-state index in [0.717, 1.165) is 0 Å². The Hall–Kier alpha value is -4.00. The smallest absolute Gasteiger partial charge is 0.295 e. The largest absolute Gasteiger partial charge is 0.507 e. The van der Waals surface area contributed by atoms with Crippen LogP contribution in [0, 0.1) is 5.82 Å². The van der Waals surface area contributed by atoms with Crippen molar-refractivity contribution in [2.24, 2.45) is 0 Å². The number of ether oxygens (including phenoxy) is 1. The van der Waals surface area contributed by atoms with E-state index in [1.54, 1.807) is 60.9 Å². The number of nitrogens with zero attached hydrogens (tertiary/aromatic N) is 2. The molecule has 1 aromatic heterocycles. The number of halogens is 1. The van der Waals surface area contributed by atoms with Crippen LogP contribution in [-0.4, -0.2) is 32.8 Å². The zero-order valence-electron chi connectivity index (χ0n) is 18.2. The van der Waals surface area contributed by atoms with E-state index in [1.807, 2.05) is 13.8 Å². The molecule has 1 aliphatic rings. The van der Waals surface area contributed by atoms with E-state index in [-0.39, 0.29) is 24.0 Å². The summed E-state index contributed by atoms with van der Waals surface area (Å²) in [5.74, 6) is -1.57. The quantitative estimate of drug-likeness (QED) is 0.339. The number of likely N-dealkylation sites (tertiary alicyclic amines) is 1. The third-order valence-electron chi connectivity index (χ3n) is 5.31. The van der Waals surface area contributed by atoms with Gasteiger partial charge in [-0.3, -0.25) is 14.6 Å². The van der Waals surface area contributed by atoms with E-state index >= 15 is 0 Å². The van der Waals surface area contributed by atoms with Gasteiger partial charge in [0.15, 0.2) is 0 Å². The summed E-state index contributed by atoms with van der Waals surface area (Å²) in [7, 11) is 0. The van der Waals surface area contributed by atoms with Gasteiger partial charge in [-0.05, 0) is 67.4 Å². The van der Waals surface area contributed by atoms with Crippen LogP contribution in [0.2, 0.25) is 0 Å². The first kappa shape index (κ1) is 22.2. The van der Waals surface area contributed by atoms with Crippen LogP contribution in [-0.2, 0) is 16.1 Å². The van der Waals surface area contributed by atoms with Gasteiger partial charge in [-0.15, -0.1) is 0 Å². The molecule has 0 spiro atoms. The number of aliphatic hydroxyl groups is 1. The molecule has 1 saturated heterocycles. The highest BCUT2D eigenvalue weighted by molar-refractivity contribution is 6.46. The minimum atomic E-state index is -0.838. The third-order valence-corrected chi connectivity index (χ3v) is 5.31. The molecule has 33 heavy (non-hydrogen) atoms. The maximum atomic E-state index is 13.3. The summed E-state index contributed by atoms with van der Waals surface area (Å²) in [6, 6.07) is 15.0. The average molecular weight is 446 g/mol. The normalized spacial score (nSPS) is 17.6. The molecule has 2 heterocycles. The minimum absolute atomic E-state index is 0.00758. The maximum absolute atomic E-state index is 13.3. The number of Topliss-reactive ketones (excluding diaryl/α,β-unsaturated/α-hetero) is 1. The average Bonchev–Trinajstić information content (AvgIpc) is 3.05. The van der Waals surface area contributed by atoms with Crippen molar-refractivity contribution in [3.63, 3.8) is 0 Å². The Morgan fingerprint density at radius 1 is 1.09 bits per heavy atom. The Morgan fingerprint density at radius 2 is 1.79 bits per heavy atom. The predicted molar refractivity (Wildman–Crippen MR) is 121 cm³/mol. The molecule has 1 amide bonds. The molecule has 168 valence electrons. The van der Waals surface area contributed by atoms with E-state index in [4.69, 9.17) is 4.74 Å². The van der Waals surface area contributed by atoms with E-state index in [0.29, 0.717) is 22.4 Å². The van der Waals surface area contributed by atoms with Crippen LogP contribution in [0.15, 0.2) is 78.6 Å². The van der Waals surface area contributed by atoms with E-state index in [9.17, 15) is 19.1 Å². The molecule has 1 unspecified atom stereocenters. The van der Waals surface area contributed by atoms with Crippen molar-refractivity contribution in [1.29, 1.82) is 0 Å². The monoisotopic (exact) mass is 446 g/mol. The number of benzene rings is 2. The summed E-state index contributed by atoms with van der Waals surface area (Å²) in [6.07, 6.45) is 3.14. The molecule has 0 radical (unpaired) electrons. The number of rotatable bonds is 6. The molecule has 2 aromatic carbocycles. The van der Waals surface area contributed by atoms with Crippen LogP contribution in [0.3, 0.4) is 0 Å². The molecule has 0 bridgehead atoms. The number of aromatic nitrogens is 1. The lowest BCUT2D eigenvalue weighted by atomic mass is 9.96. The zero-order valence-corrected chi connectivity index (χ0v) is 18.2. The summed E-state index contributed by atoms with van der Waals surface area (Å²) >= 11 is 0. The van der Waals surface area contributed by atoms with Crippen LogP contribution in [0.5, 0.6) is 5.75 Å². The van der Waals surface area contributed by atoms with Gasteiger partial charge < -0.3 is 14.7 Å². The topological polar surface area (TPSA) is 79.7 Å². The van der Waals surface area contributed by atoms with Crippen molar-refractivity contribution >= 4 is 17.4 Å². The summed E-state index contributed by atoms with van der Waals surface area (Å²) in [5, 5.41) is 11.1. The first-order valence-corrected chi connectivity index (χ1v) is 10.5. The lowest BCUT2D eigenvalue weighted by Gasteiger charge is -2.25. The SMILES string of the molecule is CC(C)Oc1ccc(/C(O)=C2/C(=O)C(=O)N(Cc3ccc(F)cc3)C2c2cccnc2)cc1. The van der Waals surface area contributed by atoms with Gasteiger partial charge in [-0.25, -0.2) is 4.39 Å². The Bertz CT molecular complexity index is 1190. The van der Waals surface area contributed by atoms with Gasteiger partial charge in [0, 0.05) is 24.5 Å². The van der Waals surface area contributed by atoms with Gasteiger partial charge in [0.1, 0.15) is 17.3 Å². The van der Waals surface area contributed by atoms with Gasteiger partial charge in [0.25, 0.3) is 11.7 Å². The molecular weight excluding hydrogens is 423 g/mol. The van der Waals surface area contributed by atoms with Crippen molar-refractivity contribution in [3.8, 4) is 5.75 Å². The van der Waals surface area contributed by atoms with Gasteiger partial charge in [-0.2, -0.15) is 0 Å².